The Balaban J connectivity index is 1.85. The lowest BCUT2D eigenvalue weighted by Crippen LogP contribution is -2.52. The van der Waals surface area contributed by atoms with Crippen molar-refractivity contribution in [2.45, 2.75) is 32.4 Å². The second-order valence-corrected chi connectivity index (χ2v) is 7.84. The van der Waals surface area contributed by atoms with Crippen LogP contribution in [-0.4, -0.2) is 60.0 Å². The fourth-order valence-corrected chi connectivity index (χ4v) is 3.81. The molecule has 9 heteroatoms. The highest BCUT2D eigenvalue weighted by atomic mass is 19.1. The van der Waals surface area contributed by atoms with Crippen LogP contribution in [0.4, 0.5) is 14.6 Å². The van der Waals surface area contributed by atoms with Crippen LogP contribution in [0, 0.1) is 17.0 Å². The molecule has 1 fully saturated rings. The second kappa shape index (κ2) is 10.4. The first kappa shape index (κ1) is 23.5. The molecule has 1 aromatic heterocycles. The number of nitrogens with one attached hydrogen (secondary N) is 2. The third kappa shape index (κ3) is 5.16. The standard InChI is InChI=1S/C23H29F2N7/c1-5-20-21(11-26)29-22(15(2)12-28-27-4)23(30-20)32-9-8-31(16(3)13-32)14-17-6-7-18(24)10-19(17)25/h5-7,10-12,15-16,26-27H,1,8-9,13-14H2,2-4H3/b26-11?,28-12-. The third-order valence-electron chi connectivity index (χ3n) is 5.60. The van der Waals surface area contributed by atoms with E-state index in [9.17, 15) is 8.78 Å². The molecule has 3 rings (SSSR count). The van der Waals surface area contributed by atoms with Gasteiger partial charge in [-0.3, -0.25) is 4.90 Å². The lowest BCUT2D eigenvalue weighted by molar-refractivity contribution is 0.178. The number of rotatable bonds is 8. The first-order valence-corrected chi connectivity index (χ1v) is 10.6. The lowest BCUT2D eigenvalue weighted by atomic mass is 10.1. The number of anilines is 1. The predicted molar refractivity (Wildman–Crippen MR) is 124 cm³/mol. The Hall–Kier alpha value is -3.20. The number of hydrogen-bond donors (Lipinski definition) is 2. The van der Waals surface area contributed by atoms with Crippen LogP contribution in [0.1, 0.15) is 42.4 Å². The molecule has 0 amide bonds. The van der Waals surface area contributed by atoms with Gasteiger partial charge in [0.15, 0.2) is 5.82 Å². The maximum Gasteiger partial charge on any atom is 0.151 e. The average Bonchev–Trinajstić information content (AvgIpc) is 2.79. The molecular formula is C23H29F2N7. The Bertz CT molecular complexity index is 1010. The van der Waals surface area contributed by atoms with E-state index in [4.69, 9.17) is 10.4 Å². The topological polar surface area (TPSA) is 80.5 Å². The number of hydrogen-bond acceptors (Lipinski definition) is 7. The Morgan fingerprint density at radius 3 is 2.72 bits per heavy atom. The summed E-state index contributed by atoms with van der Waals surface area (Å²) < 4.78 is 27.4. The lowest BCUT2D eigenvalue weighted by Gasteiger charge is -2.41. The molecule has 0 aliphatic carbocycles. The molecule has 2 N–H and O–H groups in total. The fourth-order valence-electron chi connectivity index (χ4n) is 3.81. The minimum absolute atomic E-state index is 0.110. The van der Waals surface area contributed by atoms with Crippen molar-refractivity contribution in [2.24, 2.45) is 5.10 Å². The highest BCUT2D eigenvalue weighted by Gasteiger charge is 2.28. The summed E-state index contributed by atoms with van der Waals surface area (Å²) in [6, 6.07) is 3.83. The van der Waals surface area contributed by atoms with E-state index >= 15 is 0 Å². The van der Waals surface area contributed by atoms with Crippen molar-refractivity contribution in [3.8, 4) is 0 Å². The zero-order valence-electron chi connectivity index (χ0n) is 18.6. The number of benzene rings is 1. The minimum atomic E-state index is -0.572. The Morgan fingerprint density at radius 2 is 2.09 bits per heavy atom. The van der Waals surface area contributed by atoms with E-state index in [2.05, 4.69) is 38.8 Å². The zero-order valence-corrected chi connectivity index (χ0v) is 18.6. The second-order valence-electron chi connectivity index (χ2n) is 7.84. The van der Waals surface area contributed by atoms with Crippen LogP contribution in [-0.2, 0) is 6.54 Å². The van der Waals surface area contributed by atoms with Gasteiger partial charge in [0.1, 0.15) is 17.3 Å². The van der Waals surface area contributed by atoms with Crippen LogP contribution >= 0.6 is 0 Å². The van der Waals surface area contributed by atoms with Crippen molar-refractivity contribution in [1.29, 1.82) is 5.41 Å². The van der Waals surface area contributed by atoms with Crippen LogP contribution < -0.4 is 10.3 Å². The van der Waals surface area contributed by atoms with Gasteiger partial charge < -0.3 is 15.7 Å². The van der Waals surface area contributed by atoms with E-state index in [1.807, 2.05) is 6.92 Å². The van der Waals surface area contributed by atoms with E-state index in [0.29, 0.717) is 43.1 Å². The number of piperazine rings is 1. The average molecular weight is 442 g/mol. The Labute approximate surface area is 187 Å². The number of nitrogens with zero attached hydrogens (tertiary/aromatic N) is 5. The molecule has 2 atom stereocenters. The van der Waals surface area contributed by atoms with Gasteiger partial charge in [-0.15, -0.1) is 0 Å². The first-order chi connectivity index (χ1) is 15.4. The van der Waals surface area contributed by atoms with E-state index in [-0.39, 0.29) is 12.0 Å². The van der Waals surface area contributed by atoms with Gasteiger partial charge in [-0.25, -0.2) is 18.7 Å². The van der Waals surface area contributed by atoms with E-state index < -0.39 is 11.6 Å². The molecule has 2 heterocycles. The first-order valence-electron chi connectivity index (χ1n) is 10.6. The van der Waals surface area contributed by atoms with Crippen molar-refractivity contribution >= 4 is 24.3 Å². The molecule has 1 saturated heterocycles. The monoisotopic (exact) mass is 441 g/mol. The van der Waals surface area contributed by atoms with Crippen molar-refractivity contribution in [2.75, 3.05) is 31.6 Å². The normalized spacial score (nSPS) is 18.0. The summed E-state index contributed by atoms with van der Waals surface area (Å²) in [5.74, 6) is -0.481. The van der Waals surface area contributed by atoms with Gasteiger partial charge >= 0.3 is 0 Å². The molecular weight excluding hydrogens is 412 g/mol. The quantitative estimate of drug-likeness (QED) is 0.485. The largest absolute Gasteiger partial charge is 0.352 e. The smallest absolute Gasteiger partial charge is 0.151 e. The molecule has 0 spiro atoms. The van der Waals surface area contributed by atoms with Crippen LogP contribution in [0.2, 0.25) is 0 Å². The molecule has 0 saturated carbocycles. The van der Waals surface area contributed by atoms with Gasteiger partial charge in [0.05, 0.1) is 11.4 Å². The molecule has 7 nitrogen and oxygen atoms in total. The molecule has 32 heavy (non-hydrogen) atoms. The Morgan fingerprint density at radius 1 is 1.31 bits per heavy atom. The van der Waals surface area contributed by atoms with Crippen LogP contribution in [0.3, 0.4) is 0 Å². The summed E-state index contributed by atoms with van der Waals surface area (Å²) in [6.07, 6.45) is 4.53. The van der Waals surface area contributed by atoms with Crippen molar-refractivity contribution in [3.63, 3.8) is 0 Å². The summed E-state index contributed by atoms with van der Waals surface area (Å²) >= 11 is 0. The highest BCUT2D eigenvalue weighted by molar-refractivity contribution is 5.81. The SMILES string of the molecule is C=Cc1nc(N2CCN(Cc3ccc(F)cc3F)C(C)C2)c(C(C)/C=N\NC)nc1C=N. The summed E-state index contributed by atoms with van der Waals surface area (Å²) in [5, 5.41) is 11.8. The number of aromatic nitrogens is 2. The predicted octanol–water partition coefficient (Wildman–Crippen LogP) is 3.41. The highest BCUT2D eigenvalue weighted by Crippen LogP contribution is 2.28. The molecule has 170 valence electrons. The maximum absolute atomic E-state index is 14.1. The molecule has 0 bridgehead atoms. The zero-order chi connectivity index (χ0) is 23.3. The summed E-state index contributed by atoms with van der Waals surface area (Å²) in [5.41, 5.74) is 4.98. The summed E-state index contributed by atoms with van der Waals surface area (Å²) in [4.78, 5) is 13.8. The van der Waals surface area contributed by atoms with Gasteiger partial charge in [0, 0.05) is 69.2 Å². The van der Waals surface area contributed by atoms with Gasteiger partial charge in [0.25, 0.3) is 0 Å². The van der Waals surface area contributed by atoms with Gasteiger partial charge in [0.2, 0.25) is 0 Å². The van der Waals surface area contributed by atoms with Crippen LogP contribution in [0.5, 0.6) is 0 Å². The van der Waals surface area contributed by atoms with Crippen LogP contribution in [0.25, 0.3) is 6.08 Å². The molecule has 2 aromatic rings. The van der Waals surface area contributed by atoms with Gasteiger partial charge in [-0.05, 0) is 19.1 Å². The van der Waals surface area contributed by atoms with Crippen molar-refractivity contribution < 1.29 is 8.78 Å². The van der Waals surface area contributed by atoms with Crippen molar-refractivity contribution in [3.05, 3.63) is 59.1 Å². The van der Waals surface area contributed by atoms with E-state index in [1.54, 1.807) is 19.3 Å². The fraction of sp³-hybridized carbons (Fsp3) is 0.391. The van der Waals surface area contributed by atoms with E-state index in [0.717, 1.165) is 17.6 Å². The molecule has 2 unspecified atom stereocenters. The van der Waals surface area contributed by atoms with Gasteiger partial charge in [-0.2, -0.15) is 5.10 Å². The summed E-state index contributed by atoms with van der Waals surface area (Å²) in [7, 11) is 1.73. The number of halogens is 2. The van der Waals surface area contributed by atoms with Crippen molar-refractivity contribution in [1.82, 2.24) is 20.3 Å². The maximum atomic E-state index is 14.1. The summed E-state index contributed by atoms with van der Waals surface area (Å²) in [6.45, 7) is 10.3. The van der Waals surface area contributed by atoms with Gasteiger partial charge in [-0.1, -0.05) is 19.6 Å². The Kier molecular flexibility index (Phi) is 7.63. The van der Waals surface area contributed by atoms with E-state index in [1.165, 1.54) is 18.3 Å². The minimum Gasteiger partial charge on any atom is -0.352 e. The molecule has 1 aliphatic rings. The molecule has 1 aromatic carbocycles. The third-order valence-corrected chi connectivity index (χ3v) is 5.60. The molecule has 0 radical (unpaired) electrons. The number of hydrazone groups is 1. The van der Waals surface area contributed by atoms with Crippen LogP contribution in [0.15, 0.2) is 29.9 Å². The molecule has 1 aliphatic heterocycles.